The van der Waals surface area contributed by atoms with Crippen LogP contribution in [0.2, 0.25) is 0 Å². The van der Waals surface area contributed by atoms with Gasteiger partial charge in [-0.05, 0) is 31.5 Å². The normalized spacial score (nSPS) is 19.9. The lowest BCUT2D eigenvalue weighted by molar-refractivity contribution is 0.0971. The van der Waals surface area contributed by atoms with Crippen molar-refractivity contribution >= 4 is 27.3 Å². The number of hydrogen-bond acceptors (Lipinski definition) is 4. The summed E-state index contributed by atoms with van der Waals surface area (Å²) in [6.07, 6.45) is 2.87. The molecule has 1 unspecified atom stereocenters. The highest BCUT2D eigenvalue weighted by molar-refractivity contribution is 7.20. The second kappa shape index (κ2) is 4.55. The molecule has 0 aliphatic carbocycles. The molecule has 1 aromatic carbocycles. The topological polar surface area (TPSA) is 42.0 Å². The molecule has 2 aromatic rings. The molecule has 1 N–H and O–H groups in total. The Hall–Kier alpha value is -1.26. The van der Waals surface area contributed by atoms with Gasteiger partial charge in [0.1, 0.15) is 0 Å². The minimum absolute atomic E-state index is 0.172. The molecule has 1 atom stereocenters. The number of nitrogens with zero attached hydrogens (tertiary/aromatic N) is 1. The smallest absolute Gasteiger partial charge is 0.192 e. The number of aromatic nitrogens is 1. The Bertz CT molecular complexity index is 510. The number of thiazole rings is 1. The predicted octanol–water partition coefficient (Wildman–Crippen LogP) is 2.62. The highest BCUT2D eigenvalue weighted by Gasteiger charge is 2.20. The van der Waals surface area contributed by atoms with Crippen molar-refractivity contribution in [2.24, 2.45) is 0 Å². The number of carbonyl (C=O) groups excluding carboxylic acids is 1. The number of hydrogen-bond donors (Lipinski definition) is 1. The molecule has 3 nitrogen and oxygen atoms in total. The first kappa shape index (κ1) is 10.9. The zero-order valence-electron chi connectivity index (χ0n) is 9.48. The largest absolute Gasteiger partial charge is 0.314 e. The summed E-state index contributed by atoms with van der Waals surface area (Å²) >= 11 is 1.50. The van der Waals surface area contributed by atoms with Crippen molar-refractivity contribution in [2.45, 2.75) is 25.3 Å². The van der Waals surface area contributed by atoms with Crippen LogP contribution in [0.4, 0.5) is 0 Å². The third kappa shape index (κ3) is 2.23. The number of carbonyl (C=O) groups is 1. The number of fused-ring (bicyclic) bond motifs is 1. The number of ketones is 1. The van der Waals surface area contributed by atoms with E-state index in [9.17, 15) is 4.79 Å². The van der Waals surface area contributed by atoms with Crippen molar-refractivity contribution in [3.63, 3.8) is 0 Å². The maximum atomic E-state index is 12.1. The molecule has 0 saturated carbocycles. The highest BCUT2D eigenvalue weighted by atomic mass is 32.1. The second-order valence-electron chi connectivity index (χ2n) is 4.41. The summed E-state index contributed by atoms with van der Waals surface area (Å²) in [6, 6.07) is 8.25. The molecule has 88 valence electrons. The molecule has 2 heterocycles. The monoisotopic (exact) mass is 246 g/mol. The zero-order valence-corrected chi connectivity index (χ0v) is 10.3. The van der Waals surface area contributed by atoms with E-state index in [0.29, 0.717) is 17.5 Å². The Morgan fingerprint density at radius 1 is 1.47 bits per heavy atom. The molecule has 3 rings (SSSR count). The van der Waals surface area contributed by atoms with Crippen LogP contribution in [-0.4, -0.2) is 23.4 Å². The Morgan fingerprint density at radius 2 is 2.35 bits per heavy atom. The average Bonchev–Trinajstić information content (AvgIpc) is 2.96. The fraction of sp³-hybridized carbons (Fsp3) is 0.385. The summed E-state index contributed by atoms with van der Waals surface area (Å²) in [4.78, 5) is 16.5. The minimum Gasteiger partial charge on any atom is -0.314 e. The van der Waals surface area contributed by atoms with Crippen LogP contribution in [0.1, 0.15) is 29.1 Å². The molecule has 1 fully saturated rings. The summed E-state index contributed by atoms with van der Waals surface area (Å²) < 4.78 is 1.09. The van der Waals surface area contributed by atoms with Gasteiger partial charge in [-0.2, -0.15) is 0 Å². The van der Waals surface area contributed by atoms with Crippen molar-refractivity contribution in [3.05, 3.63) is 29.3 Å². The third-order valence-electron chi connectivity index (χ3n) is 3.13. The molecule has 0 amide bonds. The van der Waals surface area contributed by atoms with E-state index in [0.717, 1.165) is 23.2 Å². The van der Waals surface area contributed by atoms with Crippen molar-refractivity contribution in [1.29, 1.82) is 0 Å². The molecule has 0 spiro atoms. The van der Waals surface area contributed by atoms with Crippen LogP contribution >= 0.6 is 11.3 Å². The van der Waals surface area contributed by atoms with E-state index < -0.39 is 0 Å². The lowest BCUT2D eigenvalue weighted by atomic mass is 10.1. The van der Waals surface area contributed by atoms with Crippen LogP contribution < -0.4 is 5.32 Å². The van der Waals surface area contributed by atoms with Crippen LogP contribution in [-0.2, 0) is 0 Å². The highest BCUT2D eigenvalue weighted by Crippen LogP contribution is 2.23. The minimum atomic E-state index is 0.172. The zero-order chi connectivity index (χ0) is 11.7. The fourth-order valence-electron chi connectivity index (χ4n) is 2.23. The Kier molecular flexibility index (Phi) is 2.91. The van der Waals surface area contributed by atoms with Gasteiger partial charge in [-0.3, -0.25) is 4.79 Å². The first-order chi connectivity index (χ1) is 8.33. The summed E-state index contributed by atoms with van der Waals surface area (Å²) in [7, 11) is 0. The van der Waals surface area contributed by atoms with Gasteiger partial charge in [-0.1, -0.05) is 12.1 Å². The molecule has 0 radical (unpaired) electrons. The average molecular weight is 246 g/mol. The third-order valence-corrected chi connectivity index (χ3v) is 4.20. The Morgan fingerprint density at radius 3 is 3.12 bits per heavy atom. The molecule has 17 heavy (non-hydrogen) atoms. The molecule has 1 aliphatic heterocycles. The molecular weight excluding hydrogens is 232 g/mol. The maximum absolute atomic E-state index is 12.1. The Balaban J connectivity index is 1.80. The van der Waals surface area contributed by atoms with E-state index in [1.54, 1.807) is 0 Å². The lowest BCUT2D eigenvalue weighted by Crippen LogP contribution is -2.24. The second-order valence-corrected chi connectivity index (χ2v) is 5.44. The van der Waals surface area contributed by atoms with Crippen LogP contribution in [0.3, 0.4) is 0 Å². The molecule has 0 bridgehead atoms. The molecule has 1 aromatic heterocycles. The van der Waals surface area contributed by atoms with Gasteiger partial charge in [0.05, 0.1) is 10.2 Å². The number of Topliss-reactive ketones (excluding diaryl/α,β-unsaturated/α-hetero) is 1. The van der Waals surface area contributed by atoms with E-state index in [4.69, 9.17) is 0 Å². The van der Waals surface area contributed by atoms with E-state index >= 15 is 0 Å². The van der Waals surface area contributed by atoms with E-state index in [1.807, 2.05) is 24.3 Å². The quantitative estimate of drug-likeness (QED) is 0.846. The van der Waals surface area contributed by atoms with Gasteiger partial charge in [-0.15, -0.1) is 11.3 Å². The van der Waals surface area contributed by atoms with Crippen molar-refractivity contribution < 1.29 is 4.79 Å². The number of rotatable bonds is 3. The van der Waals surface area contributed by atoms with Gasteiger partial charge >= 0.3 is 0 Å². The van der Waals surface area contributed by atoms with Crippen LogP contribution in [0.5, 0.6) is 0 Å². The van der Waals surface area contributed by atoms with E-state index in [-0.39, 0.29) is 5.78 Å². The van der Waals surface area contributed by atoms with Gasteiger partial charge < -0.3 is 5.32 Å². The van der Waals surface area contributed by atoms with Gasteiger partial charge in [0.25, 0.3) is 0 Å². The predicted molar refractivity (Wildman–Crippen MR) is 69.6 cm³/mol. The van der Waals surface area contributed by atoms with E-state index in [2.05, 4.69) is 10.3 Å². The van der Waals surface area contributed by atoms with Crippen molar-refractivity contribution in [3.8, 4) is 0 Å². The molecule has 1 saturated heterocycles. The molecule has 4 heteroatoms. The van der Waals surface area contributed by atoms with Crippen LogP contribution in [0, 0.1) is 0 Å². The summed E-state index contributed by atoms with van der Waals surface area (Å²) in [5.41, 5.74) is 0.931. The maximum Gasteiger partial charge on any atom is 0.192 e. The van der Waals surface area contributed by atoms with Gasteiger partial charge in [0, 0.05) is 12.5 Å². The first-order valence-corrected chi connectivity index (χ1v) is 6.77. The Labute approximate surface area is 104 Å². The van der Waals surface area contributed by atoms with Crippen LogP contribution in [0.15, 0.2) is 24.3 Å². The van der Waals surface area contributed by atoms with Gasteiger partial charge in [0.2, 0.25) is 0 Å². The fourth-order valence-corrected chi connectivity index (χ4v) is 3.15. The molecule has 1 aliphatic rings. The van der Waals surface area contributed by atoms with Crippen LogP contribution in [0.25, 0.3) is 10.2 Å². The van der Waals surface area contributed by atoms with Gasteiger partial charge in [-0.25, -0.2) is 4.98 Å². The summed E-state index contributed by atoms with van der Waals surface area (Å²) in [6.45, 7) is 1.04. The van der Waals surface area contributed by atoms with Crippen molar-refractivity contribution in [2.75, 3.05) is 6.54 Å². The van der Waals surface area contributed by atoms with E-state index in [1.165, 1.54) is 17.8 Å². The summed E-state index contributed by atoms with van der Waals surface area (Å²) in [5, 5.41) is 4.00. The molecular formula is C13H14N2OS. The first-order valence-electron chi connectivity index (χ1n) is 5.95. The van der Waals surface area contributed by atoms with Crippen molar-refractivity contribution in [1.82, 2.24) is 10.3 Å². The van der Waals surface area contributed by atoms with Gasteiger partial charge in [0.15, 0.2) is 10.8 Å². The number of para-hydroxylation sites is 1. The number of nitrogens with one attached hydrogen (secondary N) is 1. The number of benzene rings is 1. The summed E-state index contributed by atoms with van der Waals surface area (Å²) in [5.74, 6) is 0.172. The standard InChI is InChI=1S/C13H14N2OS/c16-11(8-9-4-3-7-14-9)13-15-10-5-1-2-6-12(10)17-13/h1-2,5-6,9,14H,3-4,7-8H2. The SMILES string of the molecule is O=C(CC1CCCN1)c1nc2ccccc2s1. The lowest BCUT2D eigenvalue weighted by Gasteiger charge is -2.06.